The van der Waals surface area contributed by atoms with Gasteiger partial charge in [-0.25, -0.2) is 0 Å². The van der Waals surface area contributed by atoms with Crippen LogP contribution in [-0.4, -0.2) is 16.9 Å². The van der Waals surface area contributed by atoms with Crippen molar-refractivity contribution in [1.29, 1.82) is 0 Å². The molecular formula is C15H20N2O2. The van der Waals surface area contributed by atoms with Crippen LogP contribution in [0.5, 0.6) is 0 Å². The molecule has 2 aliphatic rings. The summed E-state index contributed by atoms with van der Waals surface area (Å²) >= 11 is 0. The van der Waals surface area contributed by atoms with Gasteiger partial charge in [-0.3, -0.25) is 9.59 Å². The first kappa shape index (κ1) is 12.5. The molecule has 4 atom stereocenters. The number of hydrogen-bond donors (Lipinski definition) is 2. The molecular weight excluding hydrogens is 240 g/mol. The zero-order chi connectivity index (χ0) is 13.4. The van der Waals surface area contributed by atoms with Gasteiger partial charge in [-0.1, -0.05) is 6.42 Å². The molecule has 2 fully saturated rings. The fourth-order valence-electron chi connectivity index (χ4n) is 3.90. The van der Waals surface area contributed by atoms with Gasteiger partial charge in [0.05, 0.1) is 0 Å². The van der Waals surface area contributed by atoms with Gasteiger partial charge in [0.1, 0.15) is 5.56 Å². The highest BCUT2D eigenvalue weighted by Gasteiger charge is 2.42. The van der Waals surface area contributed by atoms with E-state index in [4.69, 9.17) is 0 Å². The predicted molar refractivity (Wildman–Crippen MR) is 72.9 cm³/mol. The maximum absolute atomic E-state index is 12.1. The number of fused-ring (bicyclic) bond motifs is 2. The largest absolute Gasteiger partial charge is 0.349 e. The van der Waals surface area contributed by atoms with E-state index < -0.39 is 0 Å². The number of aromatic nitrogens is 1. The molecule has 2 saturated carbocycles. The molecule has 0 radical (unpaired) electrons. The van der Waals surface area contributed by atoms with Crippen LogP contribution in [0.15, 0.2) is 23.1 Å². The Balaban J connectivity index is 1.67. The monoisotopic (exact) mass is 260 g/mol. The summed E-state index contributed by atoms with van der Waals surface area (Å²) in [5, 5.41) is 3.00. The van der Waals surface area contributed by atoms with Gasteiger partial charge in [0, 0.05) is 12.2 Å². The lowest BCUT2D eigenvalue weighted by molar-refractivity contribution is 0.0913. The Morgan fingerprint density at radius 3 is 2.89 bits per heavy atom. The summed E-state index contributed by atoms with van der Waals surface area (Å²) in [5.41, 5.74) is -0.113. The summed E-state index contributed by atoms with van der Waals surface area (Å²) in [6.45, 7) is 2.07. The molecule has 0 unspecified atom stereocenters. The summed E-state index contributed by atoms with van der Waals surface area (Å²) in [4.78, 5) is 26.2. The van der Waals surface area contributed by atoms with Gasteiger partial charge in [-0.15, -0.1) is 0 Å². The Morgan fingerprint density at radius 2 is 2.26 bits per heavy atom. The Labute approximate surface area is 112 Å². The highest BCUT2D eigenvalue weighted by Crippen LogP contribution is 2.49. The topological polar surface area (TPSA) is 62.0 Å². The average molecular weight is 260 g/mol. The average Bonchev–Trinajstić information content (AvgIpc) is 3.01. The van der Waals surface area contributed by atoms with E-state index in [1.165, 1.54) is 25.7 Å². The summed E-state index contributed by atoms with van der Waals surface area (Å²) in [6, 6.07) is 3.41. The molecule has 1 heterocycles. The minimum Gasteiger partial charge on any atom is -0.349 e. The first-order valence-electron chi connectivity index (χ1n) is 7.13. The number of carbonyl (C=O) groups excluding carboxylic acids is 1. The molecule has 3 rings (SSSR count). The molecule has 1 aromatic rings. The van der Waals surface area contributed by atoms with Crippen LogP contribution in [0.4, 0.5) is 0 Å². The van der Waals surface area contributed by atoms with Gasteiger partial charge in [0.25, 0.3) is 11.5 Å². The third kappa shape index (κ3) is 2.31. The van der Waals surface area contributed by atoms with Crippen LogP contribution in [0.1, 0.15) is 43.0 Å². The molecule has 1 amide bonds. The molecule has 0 aromatic carbocycles. The van der Waals surface area contributed by atoms with Crippen LogP contribution in [0.25, 0.3) is 0 Å². The van der Waals surface area contributed by atoms with Gasteiger partial charge in [0.15, 0.2) is 0 Å². The third-order valence-corrected chi connectivity index (χ3v) is 4.86. The van der Waals surface area contributed by atoms with Crippen molar-refractivity contribution in [2.24, 2.45) is 17.8 Å². The summed E-state index contributed by atoms with van der Waals surface area (Å²) in [6.07, 6.45) is 6.77. The standard InChI is InChI=1S/C15H20N2O2/c1-9(13-8-10-4-5-11(13)7-10)17-15(19)12-3-2-6-16-14(12)18/h2-3,6,9-11,13H,4-5,7-8H2,1H3,(H,16,18)(H,17,19)/t9-,10-,11-,13+/m0/s1. The highest BCUT2D eigenvalue weighted by molar-refractivity contribution is 5.93. The molecule has 2 N–H and O–H groups in total. The van der Waals surface area contributed by atoms with Crippen molar-refractivity contribution >= 4 is 5.91 Å². The summed E-state index contributed by atoms with van der Waals surface area (Å²) in [5.74, 6) is 1.98. The number of pyridine rings is 1. The molecule has 102 valence electrons. The van der Waals surface area contributed by atoms with Crippen LogP contribution in [0.3, 0.4) is 0 Å². The van der Waals surface area contributed by atoms with E-state index in [1.54, 1.807) is 18.3 Å². The van der Waals surface area contributed by atoms with Crippen molar-refractivity contribution in [3.63, 3.8) is 0 Å². The van der Waals surface area contributed by atoms with E-state index in [-0.39, 0.29) is 23.1 Å². The zero-order valence-corrected chi connectivity index (χ0v) is 11.2. The van der Waals surface area contributed by atoms with Crippen molar-refractivity contribution in [2.75, 3.05) is 0 Å². The smallest absolute Gasteiger partial charge is 0.260 e. The number of hydrogen-bond acceptors (Lipinski definition) is 2. The summed E-state index contributed by atoms with van der Waals surface area (Å²) < 4.78 is 0. The third-order valence-electron chi connectivity index (χ3n) is 4.86. The van der Waals surface area contributed by atoms with Crippen LogP contribution >= 0.6 is 0 Å². The molecule has 2 aliphatic carbocycles. The maximum Gasteiger partial charge on any atom is 0.260 e. The summed E-state index contributed by atoms with van der Waals surface area (Å²) in [7, 11) is 0. The van der Waals surface area contributed by atoms with Gasteiger partial charge in [-0.05, 0) is 56.1 Å². The number of carbonyl (C=O) groups is 1. The van der Waals surface area contributed by atoms with Gasteiger partial charge >= 0.3 is 0 Å². The molecule has 1 aromatic heterocycles. The maximum atomic E-state index is 12.1. The zero-order valence-electron chi connectivity index (χ0n) is 11.2. The van der Waals surface area contributed by atoms with Crippen molar-refractivity contribution in [2.45, 2.75) is 38.6 Å². The van der Waals surface area contributed by atoms with Crippen molar-refractivity contribution in [3.05, 3.63) is 34.2 Å². The van der Waals surface area contributed by atoms with Crippen LogP contribution in [0, 0.1) is 17.8 Å². The second-order valence-corrected chi connectivity index (χ2v) is 6.01. The van der Waals surface area contributed by atoms with Crippen molar-refractivity contribution in [3.8, 4) is 0 Å². The Bertz CT molecular complexity index is 537. The van der Waals surface area contributed by atoms with E-state index in [2.05, 4.69) is 17.2 Å². The fraction of sp³-hybridized carbons (Fsp3) is 0.600. The molecule has 19 heavy (non-hydrogen) atoms. The van der Waals surface area contributed by atoms with Crippen molar-refractivity contribution in [1.82, 2.24) is 10.3 Å². The molecule has 4 heteroatoms. The number of amides is 1. The lowest BCUT2D eigenvalue weighted by atomic mass is 9.84. The quantitative estimate of drug-likeness (QED) is 0.872. The second-order valence-electron chi connectivity index (χ2n) is 6.01. The molecule has 0 spiro atoms. The number of H-pyrrole nitrogens is 1. The number of nitrogens with one attached hydrogen (secondary N) is 2. The van der Waals surface area contributed by atoms with E-state index in [1.807, 2.05) is 0 Å². The van der Waals surface area contributed by atoms with E-state index in [0.717, 1.165) is 11.8 Å². The van der Waals surface area contributed by atoms with Gasteiger partial charge in [-0.2, -0.15) is 0 Å². The van der Waals surface area contributed by atoms with Crippen LogP contribution in [0.2, 0.25) is 0 Å². The number of rotatable bonds is 3. The highest BCUT2D eigenvalue weighted by atomic mass is 16.2. The lowest BCUT2D eigenvalue weighted by Crippen LogP contribution is -2.41. The Kier molecular flexibility index (Phi) is 3.17. The van der Waals surface area contributed by atoms with Crippen molar-refractivity contribution < 1.29 is 4.79 Å². The minimum atomic E-state index is -0.319. The molecule has 0 aliphatic heterocycles. The van der Waals surface area contributed by atoms with Gasteiger partial charge in [0.2, 0.25) is 0 Å². The second kappa shape index (κ2) is 4.83. The predicted octanol–water partition coefficient (Wildman–Crippen LogP) is 1.93. The molecule has 4 nitrogen and oxygen atoms in total. The van der Waals surface area contributed by atoms with E-state index in [9.17, 15) is 9.59 Å². The molecule has 2 bridgehead atoms. The molecule has 0 saturated heterocycles. The van der Waals surface area contributed by atoms with E-state index in [0.29, 0.717) is 5.92 Å². The fourth-order valence-corrected chi connectivity index (χ4v) is 3.90. The lowest BCUT2D eigenvalue weighted by Gasteiger charge is -2.28. The van der Waals surface area contributed by atoms with E-state index >= 15 is 0 Å². The van der Waals surface area contributed by atoms with Crippen LogP contribution in [-0.2, 0) is 0 Å². The Hall–Kier alpha value is -1.58. The Morgan fingerprint density at radius 1 is 1.42 bits per heavy atom. The first-order chi connectivity index (χ1) is 9.15. The first-order valence-corrected chi connectivity index (χ1v) is 7.13. The minimum absolute atomic E-state index is 0.155. The SMILES string of the molecule is C[C@H](NC(=O)c1ccc[nH]c1=O)[C@H]1C[C@H]2CC[C@H]1C2. The van der Waals surface area contributed by atoms with Crippen LogP contribution < -0.4 is 10.9 Å². The van der Waals surface area contributed by atoms with Gasteiger partial charge < -0.3 is 10.3 Å². The number of aromatic amines is 1. The normalized spacial score (nSPS) is 30.3.